The molecule has 4 heteroatoms. The van der Waals surface area contributed by atoms with Gasteiger partial charge in [-0.1, -0.05) is 44.0 Å². The van der Waals surface area contributed by atoms with Gasteiger partial charge < -0.3 is 4.74 Å². The van der Waals surface area contributed by atoms with Gasteiger partial charge in [-0.2, -0.15) is 5.26 Å². The van der Waals surface area contributed by atoms with Crippen LogP contribution in [0.5, 0.6) is 5.75 Å². The van der Waals surface area contributed by atoms with E-state index in [1.165, 1.54) is 56.2 Å². The summed E-state index contributed by atoms with van der Waals surface area (Å²) in [5, 5.41) is 10.9. The summed E-state index contributed by atoms with van der Waals surface area (Å²) in [5.41, 5.74) is 1.70. The summed E-state index contributed by atoms with van der Waals surface area (Å²) in [4.78, 5) is 12.5. The summed E-state index contributed by atoms with van der Waals surface area (Å²) in [6.45, 7) is 2.27. The number of benzene rings is 3. The average molecular weight is 416 g/mol. The Balaban J connectivity index is 1.47. The lowest BCUT2D eigenvalue weighted by molar-refractivity contribution is 0.0734. The quantitative estimate of drug-likeness (QED) is 0.328. The second kappa shape index (κ2) is 9.31. The minimum absolute atomic E-state index is 0.0793. The van der Waals surface area contributed by atoms with Crippen molar-refractivity contribution in [1.29, 1.82) is 5.26 Å². The van der Waals surface area contributed by atoms with Gasteiger partial charge in [0.25, 0.3) is 0 Å². The summed E-state index contributed by atoms with van der Waals surface area (Å²) in [6.07, 6.45) is 7.76. The van der Waals surface area contributed by atoms with Crippen LogP contribution in [0.2, 0.25) is 0 Å². The highest BCUT2D eigenvalue weighted by Gasteiger charge is 2.22. The lowest BCUT2D eigenvalue weighted by Gasteiger charge is -2.28. The minimum atomic E-state index is -0.706. The molecule has 0 N–H and O–H groups in total. The fraction of sp³-hybridized carbons (Fsp3) is 0.333. The van der Waals surface area contributed by atoms with E-state index >= 15 is 0 Å². The molecule has 0 radical (unpaired) electrons. The zero-order chi connectivity index (χ0) is 21.8. The van der Waals surface area contributed by atoms with Gasteiger partial charge in [0.2, 0.25) is 0 Å². The summed E-state index contributed by atoms with van der Waals surface area (Å²) >= 11 is 0. The molecule has 158 valence electrons. The van der Waals surface area contributed by atoms with Crippen LogP contribution >= 0.6 is 0 Å². The first-order valence-electron chi connectivity index (χ1n) is 11.0. The third-order valence-corrected chi connectivity index (χ3v) is 6.39. The van der Waals surface area contributed by atoms with Crippen LogP contribution in [0.1, 0.15) is 72.9 Å². The largest absolute Gasteiger partial charge is 0.423 e. The van der Waals surface area contributed by atoms with E-state index in [2.05, 4.69) is 25.1 Å². The van der Waals surface area contributed by atoms with E-state index in [0.29, 0.717) is 11.5 Å². The normalized spacial score (nSPS) is 18.5. The SMILES string of the molecule is CCCC1CCC(c2ccc3cc(C(=O)Oc4ccc(C#N)c(F)c4)ccc3c2)CC1. The molecule has 0 atom stereocenters. The standard InChI is InChI=1S/C27H26FNO2/c1-2-3-18-4-6-19(7-5-18)20-8-9-22-15-23(11-10-21(22)14-20)27(30)31-25-13-12-24(17-29)26(28)16-25/h8-16,18-19H,2-7H2,1H3. The number of hydrogen-bond acceptors (Lipinski definition) is 3. The molecular formula is C27H26FNO2. The lowest BCUT2D eigenvalue weighted by Crippen LogP contribution is -2.13. The smallest absolute Gasteiger partial charge is 0.343 e. The predicted octanol–water partition coefficient (Wildman–Crippen LogP) is 7.14. The average Bonchev–Trinajstić information content (AvgIpc) is 2.79. The van der Waals surface area contributed by atoms with E-state index in [1.807, 2.05) is 6.07 Å². The molecule has 0 heterocycles. The molecule has 31 heavy (non-hydrogen) atoms. The van der Waals surface area contributed by atoms with Gasteiger partial charge in [0.05, 0.1) is 11.1 Å². The van der Waals surface area contributed by atoms with Gasteiger partial charge in [0.15, 0.2) is 0 Å². The highest BCUT2D eigenvalue weighted by Crippen LogP contribution is 2.38. The van der Waals surface area contributed by atoms with Gasteiger partial charge in [-0.25, -0.2) is 9.18 Å². The van der Waals surface area contributed by atoms with E-state index in [1.54, 1.807) is 18.2 Å². The highest BCUT2D eigenvalue weighted by molar-refractivity contribution is 5.96. The number of ether oxygens (including phenoxy) is 1. The number of halogens is 1. The Bertz CT molecular complexity index is 1140. The van der Waals surface area contributed by atoms with Crippen molar-refractivity contribution >= 4 is 16.7 Å². The monoisotopic (exact) mass is 415 g/mol. The van der Waals surface area contributed by atoms with Crippen LogP contribution in [-0.2, 0) is 0 Å². The van der Waals surface area contributed by atoms with Crippen molar-refractivity contribution in [3.63, 3.8) is 0 Å². The van der Waals surface area contributed by atoms with Gasteiger partial charge >= 0.3 is 5.97 Å². The molecule has 3 nitrogen and oxygen atoms in total. The number of hydrogen-bond donors (Lipinski definition) is 0. The van der Waals surface area contributed by atoms with Crippen LogP contribution in [0.15, 0.2) is 54.6 Å². The molecule has 0 aliphatic heterocycles. The Morgan fingerprint density at radius 3 is 2.48 bits per heavy atom. The molecular weight excluding hydrogens is 389 g/mol. The molecule has 3 aromatic rings. The fourth-order valence-electron chi connectivity index (χ4n) is 4.65. The maximum absolute atomic E-state index is 13.7. The van der Waals surface area contributed by atoms with Crippen LogP contribution in [0.25, 0.3) is 10.8 Å². The topological polar surface area (TPSA) is 50.1 Å². The number of esters is 1. The van der Waals surface area contributed by atoms with Crippen LogP contribution in [0.4, 0.5) is 4.39 Å². The molecule has 0 aromatic heterocycles. The molecule has 0 bridgehead atoms. The third-order valence-electron chi connectivity index (χ3n) is 6.39. The molecule has 1 saturated carbocycles. The number of nitriles is 1. The number of carbonyl (C=O) groups excluding carboxylic acids is 1. The van der Waals surface area contributed by atoms with Gasteiger partial charge in [-0.3, -0.25) is 0 Å². The maximum Gasteiger partial charge on any atom is 0.343 e. The zero-order valence-electron chi connectivity index (χ0n) is 17.7. The molecule has 4 rings (SSSR count). The number of rotatable bonds is 5. The molecule has 1 aliphatic carbocycles. The molecule has 1 aliphatic rings. The Morgan fingerprint density at radius 1 is 1.03 bits per heavy atom. The van der Waals surface area contributed by atoms with Gasteiger partial charge in [-0.05, 0) is 78.1 Å². The summed E-state index contributed by atoms with van der Waals surface area (Å²) in [6, 6.07) is 17.5. The fourth-order valence-corrected chi connectivity index (χ4v) is 4.65. The molecule has 1 fully saturated rings. The predicted molar refractivity (Wildman–Crippen MR) is 120 cm³/mol. The van der Waals surface area contributed by atoms with Crippen molar-refractivity contribution in [3.05, 3.63) is 77.1 Å². The van der Waals surface area contributed by atoms with Gasteiger partial charge in [-0.15, -0.1) is 0 Å². The number of nitrogens with zero attached hydrogens (tertiary/aromatic N) is 1. The van der Waals surface area contributed by atoms with Crippen molar-refractivity contribution in [3.8, 4) is 11.8 Å². The van der Waals surface area contributed by atoms with E-state index in [9.17, 15) is 9.18 Å². The Hall–Kier alpha value is -3.19. The molecule has 0 saturated heterocycles. The maximum atomic E-state index is 13.7. The second-order valence-corrected chi connectivity index (χ2v) is 8.47. The molecule has 0 spiro atoms. The Labute approximate surface area is 182 Å². The van der Waals surface area contributed by atoms with Gasteiger partial charge in [0, 0.05) is 6.07 Å². The van der Waals surface area contributed by atoms with Crippen LogP contribution in [-0.4, -0.2) is 5.97 Å². The Morgan fingerprint density at radius 2 is 1.77 bits per heavy atom. The van der Waals surface area contributed by atoms with E-state index in [0.717, 1.165) is 22.8 Å². The van der Waals surface area contributed by atoms with E-state index < -0.39 is 11.8 Å². The molecule has 0 amide bonds. The van der Waals surface area contributed by atoms with Gasteiger partial charge in [0.1, 0.15) is 17.6 Å². The van der Waals surface area contributed by atoms with Crippen molar-refractivity contribution < 1.29 is 13.9 Å². The third kappa shape index (κ3) is 4.77. The minimum Gasteiger partial charge on any atom is -0.423 e. The summed E-state index contributed by atoms with van der Waals surface area (Å²) < 4.78 is 19.0. The van der Waals surface area contributed by atoms with Crippen molar-refractivity contribution in [2.24, 2.45) is 5.92 Å². The van der Waals surface area contributed by atoms with Crippen molar-refractivity contribution in [1.82, 2.24) is 0 Å². The number of carbonyl (C=O) groups is 1. The first kappa shape index (κ1) is 21.1. The van der Waals surface area contributed by atoms with Crippen LogP contribution < -0.4 is 4.74 Å². The van der Waals surface area contributed by atoms with Crippen LogP contribution in [0.3, 0.4) is 0 Å². The lowest BCUT2D eigenvalue weighted by atomic mass is 9.77. The van der Waals surface area contributed by atoms with Crippen molar-refractivity contribution in [2.45, 2.75) is 51.4 Å². The number of fused-ring (bicyclic) bond motifs is 1. The van der Waals surface area contributed by atoms with E-state index in [4.69, 9.17) is 10.00 Å². The van der Waals surface area contributed by atoms with Crippen LogP contribution in [0, 0.1) is 23.1 Å². The first-order chi connectivity index (χ1) is 15.1. The first-order valence-corrected chi connectivity index (χ1v) is 11.0. The summed E-state index contributed by atoms with van der Waals surface area (Å²) in [7, 11) is 0. The summed E-state index contributed by atoms with van der Waals surface area (Å²) in [5.74, 6) is 0.329. The molecule has 0 unspecified atom stereocenters. The Kier molecular flexibility index (Phi) is 6.32. The molecule has 3 aromatic carbocycles. The van der Waals surface area contributed by atoms with Crippen molar-refractivity contribution in [2.75, 3.05) is 0 Å². The zero-order valence-corrected chi connectivity index (χ0v) is 17.7. The highest BCUT2D eigenvalue weighted by atomic mass is 19.1. The second-order valence-electron chi connectivity index (χ2n) is 8.47. The van der Waals surface area contributed by atoms with E-state index in [-0.39, 0.29) is 11.3 Å².